The third-order valence-corrected chi connectivity index (χ3v) is 5.84. The fourth-order valence-corrected chi connectivity index (χ4v) is 4.04. The molecule has 1 amide bonds. The van der Waals surface area contributed by atoms with Crippen LogP contribution in [0.2, 0.25) is 5.02 Å². The first-order chi connectivity index (χ1) is 16.4. The lowest BCUT2D eigenvalue weighted by molar-refractivity contribution is 0.0979. The molecule has 0 radical (unpaired) electrons. The number of ether oxygens (including phenoxy) is 1. The number of hydrogen-bond donors (Lipinski definition) is 0. The second-order valence-corrected chi connectivity index (χ2v) is 8.16. The maximum Gasteiger partial charge on any atom is 0.264 e. The van der Waals surface area contributed by atoms with Crippen LogP contribution in [-0.4, -0.2) is 32.2 Å². The number of halogens is 3. The Balaban J connectivity index is 1.42. The minimum absolute atomic E-state index is 0.165. The molecule has 2 aromatic carbocycles. The Morgan fingerprint density at radius 3 is 2.56 bits per heavy atom. The molecule has 5 rings (SSSR count). The molecule has 1 aliphatic rings. The maximum atomic E-state index is 14.4. The monoisotopic (exact) mass is 481 g/mol. The summed E-state index contributed by atoms with van der Waals surface area (Å²) in [4.78, 5) is 23.2. The van der Waals surface area contributed by atoms with Crippen LogP contribution in [0.15, 0.2) is 55.0 Å². The predicted octanol–water partition coefficient (Wildman–Crippen LogP) is 5.19. The van der Waals surface area contributed by atoms with Gasteiger partial charge in [0.2, 0.25) is 5.88 Å². The number of hydrogen-bond acceptors (Lipinski definition) is 5. The predicted molar refractivity (Wildman–Crippen MR) is 122 cm³/mol. The van der Waals surface area contributed by atoms with E-state index in [4.69, 9.17) is 16.3 Å². The van der Waals surface area contributed by atoms with Gasteiger partial charge >= 0.3 is 0 Å². The summed E-state index contributed by atoms with van der Waals surface area (Å²) in [7, 11) is 1.85. The zero-order valence-electron chi connectivity index (χ0n) is 18.0. The van der Waals surface area contributed by atoms with E-state index in [2.05, 4.69) is 15.1 Å². The molecule has 0 saturated carbocycles. The number of nitrogens with zero attached hydrogens (tertiary/aromatic N) is 5. The molecule has 0 N–H and O–H groups in total. The van der Waals surface area contributed by atoms with Crippen molar-refractivity contribution in [3.8, 4) is 22.8 Å². The molecule has 7 nitrogen and oxygen atoms in total. The normalized spacial score (nSPS) is 13.0. The molecular weight excluding hydrogens is 464 g/mol. The quantitative estimate of drug-likeness (QED) is 0.375. The molecule has 0 fully saturated rings. The fourth-order valence-electron chi connectivity index (χ4n) is 3.80. The van der Waals surface area contributed by atoms with Crippen molar-refractivity contribution in [3.05, 3.63) is 82.9 Å². The van der Waals surface area contributed by atoms with E-state index in [1.165, 1.54) is 11.1 Å². The van der Waals surface area contributed by atoms with Crippen molar-refractivity contribution in [2.75, 3.05) is 11.4 Å². The van der Waals surface area contributed by atoms with Crippen LogP contribution in [0, 0.1) is 11.6 Å². The summed E-state index contributed by atoms with van der Waals surface area (Å²) in [6.07, 6.45) is 6.33. The number of fused-ring (bicyclic) bond motifs is 1. The number of carbonyl (C=O) groups excluding carboxylic acids is 1. The van der Waals surface area contributed by atoms with Crippen molar-refractivity contribution >= 4 is 23.3 Å². The SMILES string of the molecule is Cn1cc(-c2ccc(Oc3cnc4c(n3)N(C(=O)c3c(F)ccc(F)c3Cl)CCC4)cc2)cn1. The zero-order valence-corrected chi connectivity index (χ0v) is 18.8. The van der Waals surface area contributed by atoms with E-state index in [1.54, 1.807) is 23.0 Å². The molecule has 2 aromatic heterocycles. The molecule has 0 saturated heterocycles. The van der Waals surface area contributed by atoms with Gasteiger partial charge in [0.1, 0.15) is 17.4 Å². The van der Waals surface area contributed by atoms with E-state index in [0.717, 1.165) is 23.3 Å². The lowest BCUT2D eigenvalue weighted by Crippen LogP contribution is -2.37. The Hall–Kier alpha value is -3.85. The number of aryl methyl sites for hydroxylation is 2. The van der Waals surface area contributed by atoms with Crippen LogP contribution in [0.5, 0.6) is 11.6 Å². The number of benzene rings is 2. The topological polar surface area (TPSA) is 73.1 Å². The van der Waals surface area contributed by atoms with E-state index >= 15 is 0 Å². The Kier molecular flexibility index (Phi) is 5.70. The first kappa shape index (κ1) is 22.0. The van der Waals surface area contributed by atoms with Gasteiger partial charge < -0.3 is 4.74 Å². The van der Waals surface area contributed by atoms with Crippen LogP contribution >= 0.6 is 11.6 Å². The summed E-state index contributed by atoms with van der Waals surface area (Å²) in [5.41, 5.74) is 1.98. The van der Waals surface area contributed by atoms with E-state index in [9.17, 15) is 13.6 Å². The number of carbonyl (C=O) groups is 1. The van der Waals surface area contributed by atoms with Gasteiger partial charge in [0.05, 0.1) is 28.7 Å². The van der Waals surface area contributed by atoms with E-state index in [0.29, 0.717) is 24.3 Å². The highest BCUT2D eigenvalue weighted by atomic mass is 35.5. The van der Waals surface area contributed by atoms with Crippen molar-refractivity contribution in [1.29, 1.82) is 0 Å². The molecule has 0 aliphatic carbocycles. The second kappa shape index (κ2) is 8.83. The van der Waals surface area contributed by atoms with Crippen molar-refractivity contribution in [2.45, 2.75) is 12.8 Å². The van der Waals surface area contributed by atoms with Crippen LogP contribution < -0.4 is 9.64 Å². The van der Waals surface area contributed by atoms with Gasteiger partial charge in [0.25, 0.3) is 5.91 Å². The van der Waals surface area contributed by atoms with Gasteiger partial charge in [0.15, 0.2) is 5.82 Å². The van der Waals surface area contributed by atoms with Crippen LogP contribution in [-0.2, 0) is 13.5 Å². The molecule has 0 atom stereocenters. The molecule has 0 spiro atoms. The minimum Gasteiger partial charge on any atom is -0.437 e. The summed E-state index contributed by atoms with van der Waals surface area (Å²) in [5, 5.41) is 3.60. The van der Waals surface area contributed by atoms with Gasteiger partial charge in [-0.05, 0) is 42.7 Å². The van der Waals surface area contributed by atoms with Gasteiger partial charge in [-0.15, -0.1) is 0 Å². The lowest BCUT2D eigenvalue weighted by Gasteiger charge is -2.28. The summed E-state index contributed by atoms with van der Waals surface area (Å²) >= 11 is 5.91. The van der Waals surface area contributed by atoms with Gasteiger partial charge in [-0.1, -0.05) is 23.7 Å². The van der Waals surface area contributed by atoms with Crippen LogP contribution in [0.1, 0.15) is 22.5 Å². The molecule has 34 heavy (non-hydrogen) atoms. The third kappa shape index (κ3) is 4.10. The van der Waals surface area contributed by atoms with Crippen molar-refractivity contribution in [3.63, 3.8) is 0 Å². The van der Waals surface area contributed by atoms with Gasteiger partial charge in [0, 0.05) is 25.4 Å². The Morgan fingerprint density at radius 2 is 1.82 bits per heavy atom. The van der Waals surface area contributed by atoms with Gasteiger partial charge in [-0.2, -0.15) is 10.1 Å². The second-order valence-electron chi connectivity index (χ2n) is 7.79. The molecule has 0 unspecified atom stereocenters. The number of amides is 1. The molecule has 4 aromatic rings. The third-order valence-electron chi connectivity index (χ3n) is 5.47. The Bertz CT molecular complexity index is 1390. The summed E-state index contributed by atoms with van der Waals surface area (Å²) in [6, 6.07) is 9.11. The molecule has 3 heterocycles. The molecule has 0 bridgehead atoms. The van der Waals surface area contributed by atoms with Crippen molar-refractivity contribution < 1.29 is 18.3 Å². The number of aromatic nitrogens is 4. The fraction of sp³-hybridized carbons (Fsp3) is 0.167. The summed E-state index contributed by atoms with van der Waals surface area (Å²) < 4.78 is 35.8. The average molecular weight is 482 g/mol. The molecule has 10 heteroatoms. The lowest BCUT2D eigenvalue weighted by atomic mass is 10.1. The molecule has 1 aliphatic heterocycles. The minimum atomic E-state index is -0.905. The zero-order chi connectivity index (χ0) is 23.8. The molecular formula is C24H18ClF2N5O2. The molecule has 172 valence electrons. The first-order valence-corrected chi connectivity index (χ1v) is 10.9. The van der Waals surface area contributed by atoms with Gasteiger partial charge in [-0.25, -0.2) is 8.78 Å². The van der Waals surface area contributed by atoms with E-state index in [-0.39, 0.29) is 18.2 Å². The van der Waals surface area contributed by atoms with Crippen molar-refractivity contribution in [2.24, 2.45) is 7.05 Å². The van der Waals surface area contributed by atoms with E-state index < -0.39 is 28.1 Å². The highest BCUT2D eigenvalue weighted by molar-refractivity contribution is 6.34. The first-order valence-electron chi connectivity index (χ1n) is 10.5. The highest BCUT2D eigenvalue weighted by Gasteiger charge is 2.30. The summed E-state index contributed by atoms with van der Waals surface area (Å²) in [5.74, 6) is -1.64. The highest BCUT2D eigenvalue weighted by Crippen LogP contribution is 2.32. The summed E-state index contributed by atoms with van der Waals surface area (Å²) in [6.45, 7) is 0.260. The Labute approximate surface area is 198 Å². The largest absolute Gasteiger partial charge is 0.437 e. The number of rotatable bonds is 4. The Morgan fingerprint density at radius 1 is 1.06 bits per heavy atom. The van der Waals surface area contributed by atoms with Crippen LogP contribution in [0.25, 0.3) is 11.1 Å². The van der Waals surface area contributed by atoms with Crippen LogP contribution in [0.3, 0.4) is 0 Å². The average Bonchev–Trinajstić information content (AvgIpc) is 3.28. The number of anilines is 1. The van der Waals surface area contributed by atoms with Crippen LogP contribution in [0.4, 0.5) is 14.6 Å². The standard InChI is InChI=1S/C24H18ClF2N5O2/c1-31-13-15(11-29-31)14-4-6-16(7-5-14)34-20-12-28-19-3-2-10-32(23(19)30-20)24(33)21-17(26)8-9-18(27)22(21)25/h4-9,11-13H,2-3,10H2,1H3. The van der Waals surface area contributed by atoms with Crippen molar-refractivity contribution in [1.82, 2.24) is 19.7 Å². The maximum absolute atomic E-state index is 14.4. The van der Waals surface area contributed by atoms with Gasteiger partial charge in [-0.3, -0.25) is 19.4 Å². The smallest absolute Gasteiger partial charge is 0.264 e. The van der Waals surface area contributed by atoms with E-state index in [1.807, 2.05) is 25.4 Å².